The minimum Gasteiger partial charge on any atom is -0.492 e. The third-order valence-electron chi connectivity index (χ3n) is 6.83. The monoisotopic (exact) mass is 554 g/mol. The fourth-order valence-corrected chi connectivity index (χ4v) is 6.51. The molecule has 0 saturated carbocycles. The van der Waals surface area contributed by atoms with Gasteiger partial charge in [-0.1, -0.05) is 23.7 Å². The van der Waals surface area contributed by atoms with Crippen molar-refractivity contribution in [3.63, 3.8) is 0 Å². The Morgan fingerprint density at radius 1 is 1.22 bits per heavy atom. The van der Waals surface area contributed by atoms with E-state index in [-0.39, 0.29) is 16.1 Å². The molecule has 0 radical (unpaired) electrons. The van der Waals surface area contributed by atoms with E-state index < -0.39 is 5.91 Å². The largest absolute Gasteiger partial charge is 0.492 e. The molecule has 4 aromatic rings. The number of fused-ring (bicyclic) bond motifs is 1. The molecule has 2 N–H and O–H groups in total. The van der Waals surface area contributed by atoms with Gasteiger partial charge in [0.1, 0.15) is 5.75 Å². The molecule has 1 atom stereocenters. The third-order valence-corrected chi connectivity index (χ3v) is 9.09. The standard InChI is InChI=1S/C27H27ClN4O3S2/c1-14-9-17(10-15(2)16(14)3)24-25(35-7-6-18-5-4-8-36-18)20-11-19(21(28)12-22(20)30-27(24)34)26(33)31-23-13-29-37-32-23/h9-13,18H,4-8H2,1-3H3,(H,30,34)(H,31,32,33). The normalized spacial score (nSPS) is 15.3. The Balaban J connectivity index is 1.64. The number of aromatic amines is 1. The summed E-state index contributed by atoms with van der Waals surface area (Å²) in [5, 5.41) is 4.11. The number of ether oxygens (including phenoxy) is 1. The first-order chi connectivity index (χ1) is 17.8. The number of amides is 1. The number of H-pyrrole nitrogens is 1. The summed E-state index contributed by atoms with van der Waals surface area (Å²) >= 11 is 9.46. The van der Waals surface area contributed by atoms with Crippen molar-refractivity contribution >= 4 is 57.7 Å². The number of hydrogen-bond acceptors (Lipinski definition) is 7. The number of aromatic nitrogens is 3. The van der Waals surface area contributed by atoms with Crippen molar-refractivity contribution in [3.8, 4) is 16.9 Å². The minimum atomic E-state index is -0.414. The van der Waals surface area contributed by atoms with Crippen molar-refractivity contribution in [2.75, 3.05) is 17.7 Å². The molecule has 1 aliphatic rings. The van der Waals surface area contributed by atoms with Crippen molar-refractivity contribution in [1.29, 1.82) is 0 Å². The zero-order valence-corrected chi connectivity index (χ0v) is 23.2. The molecule has 1 unspecified atom stereocenters. The first-order valence-electron chi connectivity index (χ1n) is 12.1. The number of carbonyl (C=O) groups excluding carboxylic acids is 1. The molecule has 37 heavy (non-hydrogen) atoms. The lowest BCUT2D eigenvalue weighted by Gasteiger charge is -2.18. The van der Waals surface area contributed by atoms with E-state index in [4.69, 9.17) is 16.3 Å². The second kappa shape index (κ2) is 10.8. The number of thioether (sulfide) groups is 1. The average molecular weight is 555 g/mol. The summed E-state index contributed by atoms with van der Waals surface area (Å²) in [6.07, 6.45) is 4.77. The highest BCUT2D eigenvalue weighted by atomic mass is 35.5. The number of carbonyl (C=O) groups is 1. The van der Waals surface area contributed by atoms with Crippen LogP contribution in [0, 0.1) is 20.8 Å². The van der Waals surface area contributed by atoms with Gasteiger partial charge in [0.25, 0.3) is 11.5 Å². The van der Waals surface area contributed by atoms with Gasteiger partial charge in [-0.25, -0.2) is 0 Å². The summed E-state index contributed by atoms with van der Waals surface area (Å²) in [6, 6.07) is 7.30. The molecule has 5 rings (SSSR count). The highest BCUT2D eigenvalue weighted by molar-refractivity contribution is 8.00. The van der Waals surface area contributed by atoms with Crippen LogP contribution in [-0.4, -0.2) is 37.2 Å². The van der Waals surface area contributed by atoms with Crippen LogP contribution in [0.4, 0.5) is 5.82 Å². The number of aryl methyl sites for hydroxylation is 2. The number of anilines is 1. The van der Waals surface area contributed by atoms with Gasteiger partial charge in [0.15, 0.2) is 5.82 Å². The second-order valence-electron chi connectivity index (χ2n) is 9.29. The Labute approximate surface area is 228 Å². The lowest BCUT2D eigenvalue weighted by Crippen LogP contribution is -2.16. The molecule has 3 heterocycles. The number of pyridine rings is 1. The van der Waals surface area contributed by atoms with Crippen molar-refractivity contribution in [2.45, 2.75) is 45.3 Å². The van der Waals surface area contributed by atoms with E-state index in [0.29, 0.717) is 39.9 Å². The molecule has 2 aromatic carbocycles. The van der Waals surface area contributed by atoms with Gasteiger partial charge in [0.05, 0.1) is 46.2 Å². The van der Waals surface area contributed by atoms with Crippen LogP contribution in [0.2, 0.25) is 5.02 Å². The van der Waals surface area contributed by atoms with Crippen molar-refractivity contribution in [3.05, 3.63) is 68.1 Å². The minimum absolute atomic E-state index is 0.215. The predicted octanol–water partition coefficient (Wildman–Crippen LogP) is 6.54. The lowest BCUT2D eigenvalue weighted by atomic mass is 9.95. The van der Waals surface area contributed by atoms with Crippen molar-refractivity contribution in [2.24, 2.45) is 0 Å². The van der Waals surface area contributed by atoms with Gasteiger partial charge >= 0.3 is 0 Å². The summed E-state index contributed by atoms with van der Waals surface area (Å²) in [5.74, 6) is 1.58. The molecular formula is C27H27ClN4O3S2. The summed E-state index contributed by atoms with van der Waals surface area (Å²) < 4.78 is 14.4. The maximum absolute atomic E-state index is 13.4. The summed E-state index contributed by atoms with van der Waals surface area (Å²) in [5.41, 5.74) is 5.11. The maximum Gasteiger partial charge on any atom is 0.260 e. The molecule has 192 valence electrons. The van der Waals surface area contributed by atoms with Crippen LogP contribution in [0.5, 0.6) is 5.75 Å². The van der Waals surface area contributed by atoms with E-state index >= 15 is 0 Å². The Morgan fingerprint density at radius 2 is 2.00 bits per heavy atom. The number of hydrogen-bond donors (Lipinski definition) is 2. The number of nitrogens with zero attached hydrogens (tertiary/aromatic N) is 2. The van der Waals surface area contributed by atoms with Gasteiger partial charge in [-0.3, -0.25) is 9.59 Å². The van der Waals surface area contributed by atoms with Crippen LogP contribution in [0.1, 0.15) is 46.3 Å². The molecule has 1 saturated heterocycles. The summed E-state index contributed by atoms with van der Waals surface area (Å²) in [7, 11) is 0. The lowest BCUT2D eigenvalue weighted by molar-refractivity contribution is 0.102. The van der Waals surface area contributed by atoms with E-state index in [9.17, 15) is 9.59 Å². The molecule has 1 fully saturated rings. The van der Waals surface area contributed by atoms with Gasteiger partial charge in [-0.05, 0) is 80.2 Å². The van der Waals surface area contributed by atoms with Crippen LogP contribution in [0.15, 0.2) is 35.3 Å². The van der Waals surface area contributed by atoms with E-state index in [1.807, 2.05) is 37.7 Å². The Hall–Kier alpha value is -2.88. The highest BCUT2D eigenvalue weighted by Gasteiger charge is 2.22. The van der Waals surface area contributed by atoms with E-state index in [2.05, 4.69) is 26.0 Å². The number of halogens is 1. The smallest absolute Gasteiger partial charge is 0.260 e. The van der Waals surface area contributed by atoms with Crippen LogP contribution in [0.25, 0.3) is 22.0 Å². The molecule has 7 nitrogen and oxygen atoms in total. The van der Waals surface area contributed by atoms with Gasteiger partial charge in [0, 0.05) is 10.6 Å². The van der Waals surface area contributed by atoms with Crippen molar-refractivity contribution < 1.29 is 9.53 Å². The first-order valence-corrected chi connectivity index (χ1v) is 14.3. The molecule has 2 aromatic heterocycles. The Morgan fingerprint density at radius 3 is 2.68 bits per heavy atom. The van der Waals surface area contributed by atoms with E-state index in [1.54, 1.807) is 12.1 Å². The topological polar surface area (TPSA) is 97.0 Å². The SMILES string of the molecule is Cc1cc(-c2c(OCCC3CCCS3)c3cc(C(=O)Nc4cnsn4)c(Cl)cc3[nH]c2=O)cc(C)c1C. The quantitative estimate of drug-likeness (QED) is 0.269. The average Bonchev–Trinajstić information content (AvgIpc) is 3.56. The highest BCUT2D eigenvalue weighted by Crippen LogP contribution is 2.38. The zero-order valence-electron chi connectivity index (χ0n) is 20.8. The molecular weight excluding hydrogens is 528 g/mol. The van der Waals surface area contributed by atoms with E-state index in [0.717, 1.165) is 34.8 Å². The fourth-order valence-electron chi connectivity index (χ4n) is 4.62. The number of nitrogens with one attached hydrogen (secondary N) is 2. The van der Waals surface area contributed by atoms with E-state index in [1.165, 1.54) is 30.4 Å². The van der Waals surface area contributed by atoms with Crippen LogP contribution < -0.4 is 15.6 Å². The van der Waals surface area contributed by atoms with Gasteiger partial charge in [0.2, 0.25) is 0 Å². The summed E-state index contributed by atoms with van der Waals surface area (Å²) in [6.45, 7) is 6.62. The number of rotatable bonds is 7. The Kier molecular flexibility index (Phi) is 7.55. The molecule has 10 heteroatoms. The van der Waals surface area contributed by atoms with Crippen LogP contribution in [0.3, 0.4) is 0 Å². The van der Waals surface area contributed by atoms with Gasteiger partial charge in [-0.2, -0.15) is 20.5 Å². The molecule has 1 amide bonds. The Bertz CT molecular complexity index is 1510. The molecule has 0 spiro atoms. The summed E-state index contributed by atoms with van der Waals surface area (Å²) in [4.78, 5) is 29.5. The van der Waals surface area contributed by atoms with Crippen molar-refractivity contribution in [1.82, 2.24) is 13.7 Å². The molecule has 0 aliphatic carbocycles. The van der Waals surface area contributed by atoms with Crippen LogP contribution >= 0.6 is 35.1 Å². The third kappa shape index (κ3) is 5.39. The van der Waals surface area contributed by atoms with Crippen LogP contribution in [-0.2, 0) is 0 Å². The molecule has 0 bridgehead atoms. The zero-order chi connectivity index (χ0) is 26.1. The first kappa shape index (κ1) is 25.8. The second-order valence-corrected chi connectivity index (χ2v) is 11.7. The predicted molar refractivity (Wildman–Crippen MR) is 153 cm³/mol. The van der Waals surface area contributed by atoms with Gasteiger partial charge < -0.3 is 15.0 Å². The fraction of sp³-hybridized carbons (Fsp3) is 0.333. The maximum atomic E-state index is 13.4. The molecule has 1 aliphatic heterocycles. The van der Waals surface area contributed by atoms with Gasteiger partial charge in [-0.15, -0.1) is 0 Å². The number of benzene rings is 2.